The van der Waals surface area contributed by atoms with E-state index >= 15 is 0 Å². The number of nitrogens with zero attached hydrogens (tertiary/aromatic N) is 2. The molecule has 0 radical (unpaired) electrons. The molecule has 0 spiro atoms. The molecule has 0 saturated heterocycles. The van der Waals surface area contributed by atoms with Crippen molar-refractivity contribution in [2.45, 2.75) is 32.2 Å². The molecule has 30 heavy (non-hydrogen) atoms. The van der Waals surface area contributed by atoms with Gasteiger partial charge >= 0.3 is 0 Å². The van der Waals surface area contributed by atoms with Crippen LogP contribution < -0.4 is 21.1 Å². The molecule has 11 heteroatoms. The first-order valence-electron chi connectivity index (χ1n) is 9.49. The van der Waals surface area contributed by atoms with Crippen molar-refractivity contribution < 1.29 is 18.0 Å². The first-order chi connectivity index (χ1) is 13.9. The number of likely N-dealkylation sites (N-methyl/N-ethyl adjacent to an activating group) is 1. The van der Waals surface area contributed by atoms with E-state index in [2.05, 4.69) is 20.9 Å². The van der Waals surface area contributed by atoms with Crippen LogP contribution in [0.1, 0.15) is 26.3 Å². The Balaban J connectivity index is 2.91. The summed E-state index contributed by atoms with van der Waals surface area (Å²) in [5.74, 6) is 0.128. The lowest BCUT2D eigenvalue weighted by molar-refractivity contribution is -0.129. The van der Waals surface area contributed by atoms with Crippen molar-refractivity contribution in [3.8, 4) is 0 Å². The highest BCUT2D eigenvalue weighted by Gasteiger charge is 2.27. The molecule has 0 unspecified atom stereocenters. The first kappa shape index (κ1) is 25.4. The number of hydrogen-bond donors (Lipinski definition) is 4. The monoisotopic (exact) mass is 440 g/mol. The maximum atomic E-state index is 12.2. The van der Waals surface area contributed by atoms with E-state index in [0.29, 0.717) is 19.0 Å². The van der Waals surface area contributed by atoms with E-state index in [4.69, 9.17) is 5.14 Å². The average Bonchev–Trinajstić information content (AvgIpc) is 2.66. The third-order valence-electron chi connectivity index (χ3n) is 4.23. The number of benzene rings is 1. The number of sulfonamides is 1. The number of nitrogens with one attached hydrogen (secondary N) is 3. The second-order valence-corrected chi connectivity index (χ2v) is 9.15. The van der Waals surface area contributed by atoms with Crippen LogP contribution in [0, 0.1) is 5.41 Å². The van der Waals surface area contributed by atoms with Crippen molar-refractivity contribution >= 4 is 27.8 Å². The number of amides is 2. The normalized spacial score (nSPS) is 12.3. The molecule has 0 aliphatic rings. The molecule has 10 nitrogen and oxygen atoms in total. The van der Waals surface area contributed by atoms with Gasteiger partial charge in [-0.3, -0.25) is 9.59 Å². The highest BCUT2D eigenvalue weighted by atomic mass is 32.2. The molecule has 5 N–H and O–H groups in total. The van der Waals surface area contributed by atoms with E-state index in [-0.39, 0.29) is 29.8 Å². The van der Waals surface area contributed by atoms with Crippen LogP contribution in [0.5, 0.6) is 0 Å². The van der Waals surface area contributed by atoms with Gasteiger partial charge in [0.15, 0.2) is 5.96 Å². The second-order valence-electron chi connectivity index (χ2n) is 7.59. The van der Waals surface area contributed by atoms with E-state index in [1.165, 1.54) is 17.0 Å². The number of carbonyl (C=O) groups excluding carboxylic acids is 2. The first-order valence-corrected chi connectivity index (χ1v) is 11.0. The van der Waals surface area contributed by atoms with Gasteiger partial charge in [-0.25, -0.2) is 18.5 Å². The minimum Gasteiger partial charge on any atom is -0.356 e. The zero-order valence-corrected chi connectivity index (χ0v) is 19.0. The zero-order chi connectivity index (χ0) is 22.9. The summed E-state index contributed by atoms with van der Waals surface area (Å²) in [6.45, 7) is 6.56. The standard InChI is InChI=1S/C19H32N6O4S/c1-6-21-17(27)19(2,3)13-24-18(23-12-16(26)25(4)5)22-11-14-7-9-15(10-8-14)30(20,28)29/h7-10H,6,11-13H2,1-5H3,(H,21,27)(H2,20,28,29)(H2,22,23,24). The van der Waals surface area contributed by atoms with Crippen LogP contribution in [0.15, 0.2) is 34.2 Å². The molecule has 1 rings (SSSR count). The average molecular weight is 441 g/mol. The summed E-state index contributed by atoms with van der Waals surface area (Å²) in [4.78, 5) is 30.0. The van der Waals surface area contributed by atoms with Crippen LogP contribution in [-0.2, 0) is 26.2 Å². The summed E-state index contributed by atoms with van der Waals surface area (Å²) in [5.41, 5.74) is 0.0617. The van der Waals surface area contributed by atoms with Gasteiger partial charge in [0.05, 0.1) is 23.4 Å². The van der Waals surface area contributed by atoms with Crippen molar-refractivity contribution in [2.75, 3.05) is 33.7 Å². The smallest absolute Gasteiger partial charge is 0.241 e. The maximum absolute atomic E-state index is 12.2. The van der Waals surface area contributed by atoms with Crippen molar-refractivity contribution in [2.24, 2.45) is 15.5 Å². The van der Waals surface area contributed by atoms with Crippen molar-refractivity contribution in [1.82, 2.24) is 20.9 Å². The van der Waals surface area contributed by atoms with E-state index in [9.17, 15) is 18.0 Å². The fourth-order valence-electron chi connectivity index (χ4n) is 2.23. The van der Waals surface area contributed by atoms with Crippen LogP contribution >= 0.6 is 0 Å². The summed E-state index contributed by atoms with van der Waals surface area (Å²) in [6, 6.07) is 6.05. The summed E-state index contributed by atoms with van der Waals surface area (Å²) < 4.78 is 22.7. The fraction of sp³-hybridized carbons (Fsp3) is 0.526. The van der Waals surface area contributed by atoms with Gasteiger partial charge in [-0.2, -0.15) is 0 Å². The number of guanidine groups is 1. The largest absolute Gasteiger partial charge is 0.356 e. The summed E-state index contributed by atoms with van der Waals surface area (Å²) in [5, 5.41) is 13.9. The number of carbonyl (C=O) groups is 2. The molecule has 1 aromatic carbocycles. The van der Waals surface area contributed by atoms with Gasteiger partial charge in [0.25, 0.3) is 0 Å². The lowest BCUT2D eigenvalue weighted by Crippen LogP contribution is -2.49. The molecule has 1 aromatic rings. The van der Waals surface area contributed by atoms with Gasteiger partial charge in [0.1, 0.15) is 0 Å². The molecule has 0 aliphatic heterocycles. The molecule has 0 aliphatic carbocycles. The Labute approximate surface area is 178 Å². The SMILES string of the molecule is CCNC(=O)C(C)(C)CNC(=NCc1ccc(S(N)(=O)=O)cc1)NCC(=O)N(C)C. The van der Waals surface area contributed by atoms with E-state index in [1.807, 2.05) is 6.92 Å². The Morgan fingerprint density at radius 1 is 1.10 bits per heavy atom. The van der Waals surface area contributed by atoms with Gasteiger partial charge in [-0.05, 0) is 38.5 Å². The minimum atomic E-state index is -3.76. The minimum absolute atomic E-state index is 0.0203. The number of primary sulfonamides is 1. The Bertz CT molecular complexity index is 864. The lowest BCUT2D eigenvalue weighted by Gasteiger charge is -2.25. The van der Waals surface area contributed by atoms with E-state index in [0.717, 1.165) is 5.56 Å². The van der Waals surface area contributed by atoms with Gasteiger partial charge in [0, 0.05) is 27.2 Å². The molecule has 0 atom stereocenters. The lowest BCUT2D eigenvalue weighted by atomic mass is 9.92. The van der Waals surface area contributed by atoms with E-state index in [1.54, 1.807) is 40.1 Å². The predicted molar refractivity (Wildman–Crippen MR) is 116 cm³/mol. The highest BCUT2D eigenvalue weighted by Crippen LogP contribution is 2.13. The van der Waals surface area contributed by atoms with Gasteiger partial charge in [-0.15, -0.1) is 0 Å². The summed E-state index contributed by atoms with van der Waals surface area (Å²) in [6.07, 6.45) is 0. The Kier molecular flexibility index (Phi) is 9.24. The Morgan fingerprint density at radius 3 is 2.20 bits per heavy atom. The quantitative estimate of drug-likeness (QED) is 0.304. The van der Waals surface area contributed by atoms with Crippen molar-refractivity contribution in [3.63, 3.8) is 0 Å². The topological polar surface area (TPSA) is 146 Å². The van der Waals surface area contributed by atoms with Crippen LogP contribution in [0.3, 0.4) is 0 Å². The summed E-state index contributed by atoms with van der Waals surface area (Å²) in [7, 11) is -0.451. The number of hydrogen-bond acceptors (Lipinski definition) is 5. The molecule has 2 amide bonds. The molecule has 0 heterocycles. The predicted octanol–water partition coefficient (Wildman–Crippen LogP) is -0.380. The fourth-order valence-corrected chi connectivity index (χ4v) is 2.75. The Hall–Kier alpha value is -2.66. The van der Waals surface area contributed by atoms with E-state index < -0.39 is 15.4 Å². The van der Waals surface area contributed by atoms with Crippen LogP contribution in [0.4, 0.5) is 0 Å². The molecule has 168 valence electrons. The molecular formula is C19H32N6O4S. The molecule has 0 aromatic heterocycles. The molecule has 0 bridgehead atoms. The third-order valence-corrected chi connectivity index (χ3v) is 5.16. The maximum Gasteiger partial charge on any atom is 0.241 e. The highest BCUT2D eigenvalue weighted by molar-refractivity contribution is 7.89. The second kappa shape index (κ2) is 10.9. The number of aliphatic imine (C=N–C) groups is 1. The van der Waals surface area contributed by atoms with Crippen LogP contribution in [0.2, 0.25) is 0 Å². The Morgan fingerprint density at radius 2 is 1.70 bits per heavy atom. The molecular weight excluding hydrogens is 408 g/mol. The number of rotatable bonds is 9. The number of nitrogens with two attached hydrogens (primary N) is 1. The van der Waals surface area contributed by atoms with Crippen molar-refractivity contribution in [1.29, 1.82) is 0 Å². The third kappa shape index (κ3) is 8.37. The van der Waals surface area contributed by atoms with Crippen LogP contribution in [-0.4, -0.2) is 64.8 Å². The molecule has 0 saturated carbocycles. The van der Waals surface area contributed by atoms with Crippen LogP contribution in [0.25, 0.3) is 0 Å². The molecule has 0 fully saturated rings. The van der Waals surface area contributed by atoms with Gasteiger partial charge in [-0.1, -0.05) is 12.1 Å². The van der Waals surface area contributed by atoms with Gasteiger partial charge in [0.2, 0.25) is 21.8 Å². The zero-order valence-electron chi connectivity index (χ0n) is 18.2. The van der Waals surface area contributed by atoms with Gasteiger partial charge < -0.3 is 20.9 Å². The summed E-state index contributed by atoms with van der Waals surface area (Å²) >= 11 is 0. The van der Waals surface area contributed by atoms with Crippen molar-refractivity contribution in [3.05, 3.63) is 29.8 Å².